The van der Waals surface area contributed by atoms with Gasteiger partial charge in [0, 0.05) is 76.2 Å². The molecule has 0 aliphatic carbocycles. The van der Waals surface area contributed by atoms with Crippen LogP contribution in [0.1, 0.15) is 61.0 Å². The van der Waals surface area contributed by atoms with E-state index in [1.165, 1.54) is 72.3 Å². The number of aryl methyl sites for hydroxylation is 2. The fourth-order valence-corrected chi connectivity index (χ4v) is 8.48. The van der Waals surface area contributed by atoms with E-state index in [9.17, 15) is 9.59 Å². The number of nitrogens with one attached hydrogen (secondary N) is 5. The first-order valence-electron chi connectivity index (χ1n) is 19.5. The van der Waals surface area contributed by atoms with E-state index in [1.807, 2.05) is 49.1 Å². The Labute approximate surface area is 333 Å². The third-order valence-corrected chi connectivity index (χ3v) is 11.4. The Kier molecular flexibility index (Phi) is 14.7. The highest BCUT2D eigenvalue weighted by Gasteiger charge is 2.19. The summed E-state index contributed by atoms with van der Waals surface area (Å²) in [4.78, 5) is 43.3. The second-order valence-electron chi connectivity index (χ2n) is 14.8. The van der Waals surface area contributed by atoms with Gasteiger partial charge in [0.05, 0.1) is 34.1 Å². The molecule has 3 aliphatic rings. The van der Waals surface area contributed by atoms with Crippen molar-refractivity contribution in [2.45, 2.75) is 65.5 Å². The molecule has 0 spiro atoms. The number of carbonyl (C=O) groups excluding carboxylic acids is 2. The molecule has 5 N–H and O–H groups in total. The van der Waals surface area contributed by atoms with Crippen molar-refractivity contribution in [1.82, 2.24) is 25.1 Å². The Morgan fingerprint density at radius 2 is 1.15 bits per heavy atom. The Morgan fingerprint density at radius 3 is 1.64 bits per heavy atom. The number of urea groups is 2. The third kappa shape index (κ3) is 12.4. The Bertz CT molecular complexity index is 1840. The summed E-state index contributed by atoms with van der Waals surface area (Å²) < 4.78 is 0. The summed E-state index contributed by atoms with van der Waals surface area (Å²) in [7, 11) is 4.00. The molecule has 0 unspecified atom stereocenters. The molecule has 13 nitrogen and oxygen atoms in total. The average molecular weight is 788 g/mol. The van der Waals surface area contributed by atoms with Gasteiger partial charge in [-0.05, 0) is 102 Å². The van der Waals surface area contributed by atoms with Gasteiger partial charge in [-0.15, -0.1) is 22.7 Å². The third-order valence-electron chi connectivity index (χ3n) is 9.81. The number of piperazine rings is 1. The van der Waals surface area contributed by atoms with E-state index in [0.717, 1.165) is 99.6 Å². The van der Waals surface area contributed by atoms with E-state index in [2.05, 4.69) is 82.1 Å². The molecule has 4 aromatic rings. The molecule has 3 aliphatic heterocycles. The van der Waals surface area contributed by atoms with Crippen molar-refractivity contribution in [3.8, 4) is 0 Å². The van der Waals surface area contributed by atoms with Crippen molar-refractivity contribution in [2.24, 2.45) is 0 Å². The maximum atomic E-state index is 12.6. The number of hydrogen-bond donors (Lipinski definition) is 5. The van der Waals surface area contributed by atoms with Crippen LogP contribution in [0.3, 0.4) is 0 Å². The van der Waals surface area contributed by atoms with Crippen LogP contribution in [0, 0.1) is 13.8 Å². The van der Waals surface area contributed by atoms with E-state index in [4.69, 9.17) is 0 Å². The normalized spacial score (nSPS) is 16.3. The Balaban J connectivity index is 0.000000188. The van der Waals surface area contributed by atoms with Crippen LogP contribution in [0.4, 0.5) is 42.6 Å². The molecule has 0 radical (unpaired) electrons. The van der Waals surface area contributed by atoms with Crippen LogP contribution in [0.2, 0.25) is 0 Å². The van der Waals surface area contributed by atoms with Gasteiger partial charge in [-0.1, -0.05) is 12.1 Å². The molecule has 15 heteroatoms. The summed E-state index contributed by atoms with van der Waals surface area (Å²) in [6.07, 6.45) is 7.38. The van der Waals surface area contributed by atoms with E-state index in [-0.39, 0.29) is 12.1 Å². The quantitative estimate of drug-likeness (QED) is 0.110. The number of benzene rings is 2. The van der Waals surface area contributed by atoms with Crippen LogP contribution >= 0.6 is 22.7 Å². The predicted molar refractivity (Wildman–Crippen MR) is 230 cm³/mol. The lowest BCUT2D eigenvalue weighted by Crippen LogP contribution is -2.42. The maximum absolute atomic E-state index is 12.6. The second kappa shape index (κ2) is 20.1. The highest BCUT2D eigenvalue weighted by Crippen LogP contribution is 2.31. The molecular weight excluding hydrogens is 731 g/mol. The monoisotopic (exact) mass is 787 g/mol. The fraction of sp³-hybridized carbons (Fsp3) is 0.500. The number of carbonyl (C=O) groups is 2. The highest BCUT2D eigenvalue weighted by molar-refractivity contribution is 7.14. The molecule has 0 bridgehead atoms. The van der Waals surface area contributed by atoms with Crippen molar-refractivity contribution < 1.29 is 9.59 Å². The number of piperidine rings is 2. The number of anilines is 6. The number of thiazole rings is 2. The molecule has 55 heavy (non-hydrogen) atoms. The summed E-state index contributed by atoms with van der Waals surface area (Å²) in [6, 6.07) is 11.9. The van der Waals surface area contributed by atoms with E-state index in [1.54, 1.807) is 0 Å². The van der Waals surface area contributed by atoms with Crippen molar-refractivity contribution in [2.75, 3.05) is 97.5 Å². The van der Waals surface area contributed by atoms with Gasteiger partial charge in [-0.2, -0.15) is 0 Å². The SMILES string of the molecule is Cc1ccc(NC(=O)Nc2nc(CN(C)C)cs2)c(N2CCCCC2)c1.Cc1ccc(NC(=O)Nc2nc(CN3CCNCC3)cs2)c(N2CCCCC2)c1. The van der Waals surface area contributed by atoms with Crippen LogP contribution in [0.5, 0.6) is 0 Å². The first kappa shape index (κ1) is 40.4. The minimum atomic E-state index is -0.252. The number of nitrogens with zero attached hydrogens (tertiary/aromatic N) is 6. The molecule has 2 aromatic carbocycles. The lowest BCUT2D eigenvalue weighted by molar-refractivity contribution is 0.231. The van der Waals surface area contributed by atoms with Gasteiger partial charge in [0.25, 0.3) is 0 Å². The van der Waals surface area contributed by atoms with Gasteiger partial charge < -0.3 is 30.7 Å². The molecular formula is C40H57N11O2S2. The predicted octanol–water partition coefficient (Wildman–Crippen LogP) is 7.64. The van der Waals surface area contributed by atoms with Crippen LogP contribution in [-0.4, -0.2) is 98.3 Å². The highest BCUT2D eigenvalue weighted by atomic mass is 32.1. The maximum Gasteiger partial charge on any atom is 0.325 e. The number of hydrogen-bond acceptors (Lipinski definition) is 11. The van der Waals surface area contributed by atoms with E-state index in [0.29, 0.717) is 10.3 Å². The Hall–Kier alpha value is -4.28. The largest absolute Gasteiger partial charge is 0.370 e. The molecule has 3 fully saturated rings. The zero-order valence-corrected chi connectivity index (χ0v) is 34.4. The van der Waals surface area contributed by atoms with Gasteiger partial charge in [0.2, 0.25) is 0 Å². The first-order chi connectivity index (χ1) is 26.7. The summed E-state index contributed by atoms with van der Waals surface area (Å²) in [5.41, 5.74) is 8.29. The molecule has 3 saturated heterocycles. The van der Waals surface area contributed by atoms with Crippen molar-refractivity contribution >= 4 is 67.7 Å². The zero-order valence-electron chi connectivity index (χ0n) is 32.7. The minimum absolute atomic E-state index is 0.241. The summed E-state index contributed by atoms with van der Waals surface area (Å²) in [5.74, 6) is 0. The molecule has 0 atom stereocenters. The van der Waals surface area contributed by atoms with Crippen LogP contribution < -0.4 is 36.4 Å². The topological polar surface area (TPSA) is 133 Å². The van der Waals surface area contributed by atoms with Crippen LogP contribution in [0.15, 0.2) is 47.2 Å². The van der Waals surface area contributed by atoms with Gasteiger partial charge in [-0.25, -0.2) is 19.6 Å². The molecule has 296 valence electrons. The van der Waals surface area contributed by atoms with Crippen LogP contribution in [-0.2, 0) is 13.1 Å². The fourth-order valence-electron chi connectivity index (χ4n) is 7.09. The second-order valence-corrected chi connectivity index (χ2v) is 16.6. The summed E-state index contributed by atoms with van der Waals surface area (Å²) >= 11 is 2.92. The molecule has 4 amide bonds. The first-order valence-corrected chi connectivity index (χ1v) is 21.3. The van der Waals surface area contributed by atoms with Gasteiger partial charge >= 0.3 is 12.1 Å². The standard InChI is InChI=1S/C21H30N6OS.C19H27N5OS/c1-16-5-6-18(19(13-16)27-9-3-2-4-10-27)24-20(28)25-21-23-17(15-29-21)14-26-11-7-22-8-12-26;1-14-7-8-16(17(11-14)24-9-5-4-6-10-24)21-18(25)22-19-20-15(13-26-19)12-23(2)3/h5-6,13,15,22H,2-4,7-12,14H2,1H3,(H2,23,24,25,28);7-8,11,13H,4-6,9-10,12H2,1-3H3,(H2,20,21,22,25). The lowest BCUT2D eigenvalue weighted by atomic mass is 10.1. The zero-order chi connectivity index (χ0) is 38.6. The van der Waals surface area contributed by atoms with Crippen molar-refractivity contribution in [3.63, 3.8) is 0 Å². The lowest BCUT2D eigenvalue weighted by Gasteiger charge is -2.30. The molecule has 5 heterocycles. The van der Waals surface area contributed by atoms with Gasteiger partial charge in [0.15, 0.2) is 10.3 Å². The minimum Gasteiger partial charge on any atom is -0.370 e. The average Bonchev–Trinajstić information content (AvgIpc) is 3.82. The van der Waals surface area contributed by atoms with Gasteiger partial charge in [0.1, 0.15) is 0 Å². The molecule has 7 rings (SSSR count). The van der Waals surface area contributed by atoms with E-state index >= 15 is 0 Å². The number of aromatic nitrogens is 2. The van der Waals surface area contributed by atoms with Crippen molar-refractivity contribution in [3.05, 3.63) is 69.7 Å². The van der Waals surface area contributed by atoms with Gasteiger partial charge in [-0.3, -0.25) is 15.5 Å². The van der Waals surface area contributed by atoms with Crippen LogP contribution in [0.25, 0.3) is 0 Å². The van der Waals surface area contributed by atoms with E-state index < -0.39 is 0 Å². The Morgan fingerprint density at radius 1 is 0.673 bits per heavy atom. The number of amides is 4. The van der Waals surface area contributed by atoms with Crippen molar-refractivity contribution in [1.29, 1.82) is 0 Å². The molecule has 2 aromatic heterocycles. The summed E-state index contributed by atoms with van der Waals surface area (Å²) in [5, 5.41) is 20.4. The summed E-state index contributed by atoms with van der Waals surface area (Å²) in [6.45, 7) is 14.0. The molecule has 0 saturated carbocycles. The number of rotatable bonds is 10. The smallest absolute Gasteiger partial charge is 0.325 e.